The molecule has 0 atom stereocenters. The van der Waals surface area contributed by atoms with Crippen molar-refractivity contribution in [2.24, 2.45) is 0 Å². The number of fused-ring (bicyclic) bond motifs is 1. The van der Waals surface area contributed by atoms with Gasteiger partial charge in [0.2, 0.25) is 5.88 Å². The molecule has 1 heterocycles. The van der Waals surface area contributed by atoms with Crippen molar-refractivity contribution in [2.45, 2.75) is 13.8 Å². The molecule has 2 aromatic carbocycles. The van der Waals surface area contributed by atoms with Crippen LogP contribution in [0.3, 0.4) is 0 Å². The Balaban J connectivity index is 2.24. The van der Waals surface area contributed by atoms with Crippen LogP contribution in [0.1, 0.15) is 12.5 Å². The number of hydrogen-bond donors (Lipinski definition) is 0. The SMILES string of the molecule is CCOc1nc(-c2ccccc2)nc2cc(C)ccc12. The van der Waals surface area contributed by atoms with Gasteiger partial charge in [0.05, 0.1) is 17.5 Å². The highest BCUT2D eigenvalue weighted by atomic mass is 16.5. The lowest BCUT2D eigenvalue weighted by Gasteiger charge is -2.09. The predicted octanol–water partition coefficient (Wildman–Crippen LogP) is 4.00. The first kappa shape index (κ1) is 12.6. The van der Waals surface area contributed by atoms with Gasteiger partial charge in [0, 0.05) is 5.56 Å². The van der Waals surface area contributed by atoms with Crippen molar-refractivity contribution in [1.29, 1.82) is 0 Å². The lowest BCUT2D eigenvalue weighted by Crippen LogP contribution is -1.99. The summed E-state index contributed by atoms with van der Waals surface area (Å²) in [6.07, 6.45) is 0. The summed E-state index contributed by atoms with van der Waals surface area (Å²) in [5.41, 5.74) is 3.09. The highest BCUT2D eigenvalue weighted by molar-refractivity contribution is 5.85. The summed E-state index contributed by atoms with van der Waals surface area (Å²) in [6, 6.07) is 16.1. The van der Waals surface area contributed by atoms with Crippen molar-refractivity contribution in [3.8, 4) is 17.3 Å². The first-order valence-corrected chi connectivity index (χ1v) is 6.74. The van der Waals surface area contributed by atoms with Gasteiger partial charge in [0.15, 0.2) is 5.82 Å². The van der Waals surface area contributed by atoms with Gasteiger partial charge in [0.25, 0.3) is 0 Å². The summed E-state index contributed by atoms with van der Waals surface area (Å²) in [7, 11) is 0. The van der Waals surface area contributed by atoms with Crippen molar-refractivity contribution in [1.82, 2.24) is 9.97 Å². The number of aryl methyl sites for hydroxylation is 1. The largest absolute Gasteiger partial charge is 0.477 e. The van der Waals surface area contributed by atoms with Crippen molar-refractivity contribution in [2.75, 3.05) is 6.61 Å². The molecule has 0 spiro atoms. The average Bonchev–Trinajstić information content (AvgIpc) is 2.48. The van der Waals surface area contributed by atoms with Crippen LogP contribution >= 0.6 is 0 Å². The molecule has 0 saturated heterocycles. The van der Waals surface area contributed by atoms with E-state index in [4.69, 9.17) is 4.74 Å². The zero-order chi connectivity index (χ0) is 13.9. The van der Waals surface area contributed by atoms with Crippen LogP contribution in [-0.4, -0.2) is 16.6 Å². The molecule has 20 heavy (non-hydrogen) atoms. The number of ether oxygens (including phenoxy) is 1. The van der Waals surface area contributed by atoms with Crippen LogP contribution < -0.4 is 4.74 Å². The highest BCUT2D eigenvalue weighted by Crippen LogP contribution is 2.27. The van der Waals surface area contributed by atoms with Crippen LogP contribution in [0.2, 0.25) is 0 Å². The first-order chi connectivity index (χ1) is 9.78. The van der Waals surface area contributed by atoms with Crippen LogP contribution in [0.4, 0.5) is 0 Å². The van der Waals surface area contributed by atoms with E-state index in [9.17, 15) is 0 Å². The molecule has 0 saturated carbocycles. The molecule has 100 valence electrons. The topological polar surface area (TPSA) is 35.0 Å². The van der Waals surface area contributed by atoms with Crippen molar-refractivity contribution >= 4 is 10.9 Å². The summed E-state index contributed by atoms with van der Waals surface area (Å²) in [5, 5.41) is 0.956. The van der Waals surface area contributed by atoms with Crippen molar-refractivity contribution in [3.05, 3.63) is 54.1 Å². The third kappa shape index (κ3) is 2.35. The summed E-state index contributed by atoms with van der Waals surface area (Å²) in [4.78, 5) is 9.22. The summed E-state index contributed by atoms with van der Waals surface area (Å²) < 4.78 is 5.67. The van der Waals surface area contributed by atoms with E-state index in [0.717, 1.165) is 16.5 Å². The summed E-state index contributed by atoms with van der Waals surface area (Å²) in [6.45, 7) is 4.61. The van der Waals surface area contributed by atoms with E-state index >= 15 is 0 Å². The van der Waals surface area contributed by atoms with Gasteiger partial charge in [0.1, 0.15) is 0 Å². The van der Waals surface area contributed by atoms with Gasteiger partial charge < -0.3 is 4.74 Å². The normalized spacial score (nSPS) is 10.7. The van der Waals surface area contributed by atoms with E-state index < -0.39 is 0 Å². The van der Waals surface area contributed by atoms with Gasteiger partial charge >= 0.3 is 0 Å². The maximum absolute atomic E-state index is 5.67. The first-order valence-electron chi connectivity index (χ1n) is 6.74. The molecule has 0 amide bonds. The molecule has 0 radical (unpaired) electrons. The molecular formula is C17H16N2O. The van der Waals surface area contributed by atoms with Gasteiger partial charge in [-0.15, -0.1) is 0 Å². The molecule has 0 unspecified atom stereocenters. The van der Waals surface area contributed by atoms with Gasteiger partial charge in [-0.2, -0.15) is 4.98 Å². The maximum atomic E-state index is 5.67. The predicted molar refractivity (Wildman–Crippen MR) is 80.9 cm³/mol. The molecule has 3 rings (SSSR count). The van der Waals surface area contributed by atoms with E-state index in [1.165, 1.54) is 5.56 Å². The number of aromatic nitrogens is 2. The van der Waals surface area contributed by atoms with Crippen LogP contribution in [0, 0.1) is 6.92 Å². The van der Waals surface area contributed by atoms with Crippen LogP contribution in [-0.2, 0) is 0 Å². The molecule has 0 N–H and O–H groups in total. The van der Waals surface area contributed by atoms with Gasteiger partial charge in [-0.3, -0.25) is 0 Å². The third-order valence-corrected chi connectivity index (χ3v) is 3.13. The molecular weight excluding hydrogens is 248 g/mol. The molecule has 0 aliphatic rings. The summed E-state index contributed by atoms with van der Waals surface area (Å²) >= 11 is 0. The minimum atomic E-state index is 0.591. The van der Waals surface area contributed by atoms with E-state index in [0.29, 0.717) is 18.3 Å². The number of benzene rings is 2. The van der Waals surface area contributed by atoms with Crippen LogP contribution in [0.25, 0.3) is 22.3 Å². The molecule has 0 aliphatic heterocycles. The molecule has 1 aromatic heterocycles. The Kier molecular flexibility index (Phi) is 3.33. The molecule has 3 aromatic rings. The van der Waals surface area contributed by atoms with Crippen LogP contribution in [0.15, 0.2) is 48.5 Å². The zero-order valence-electron chi connectivity index (χ0n) is 11.6. The average molecular weight is 264 g/mol. The highest BCUT2D eigenvalue weighted by Gasteiger charge is 2.10. The fraction of sp³-hybridized carbons (Fsp3) is 0.176. The fourth-order valence-electron chi connectivity index (χ4n) is 2.17. The van der Waals surface area contributed by atoms with E-state index in [1.807, 2.05) is 43.3 Å². The van der Waals surface area contributed by atoms with Gasteiger partial charge in [-0.25, -0.2) is 4.98 Å². The Labute approximate surface area is 118 Å². The van der Waals surface area contributed by atoms with Gasteiger partial charge in [-0.05, 0) is 31.5 Å². The van der Waals surface area contributed by atoms with E-state index in [-0.39, 0.29) is 0 Å². The second-order valence-corrected chi connectivity index (χ2v) is 4.67. The second-order valence-electron chi connectivity index (χ2n) is 4.67. The summed E-state index contributed by atoms with van der Waals surface area (Å²) in [5.74, 6) is 1.35. The van der Waals surface area contributed by atoms with E-state index in [2.05, 4.69) is 29.0 Å². The monoisotopic (exact) mass is 264 g/mol. The Morgan fingerprint density at radius 2 is 1.80 bits per heavy atom. The Morgan fingerprint density at radius 3 is 2.55 bits per heavy atom. The Bertz CT molecular complexity index is 739. The number of hydrogen-bond acceptors (Lipinski definition) is 3. The number of nitrogens with zero attached hydrogens (tertiary/aromatic N) is 2. The van der Waals surface area contributed by atoms with Crippen molar-refractivity contribution in [3.63, 3.8) is 0 Å². The molecule has 3 nitrogen and oxygen atoms in total. The number of rotatable bonds is 3. The van der Waals surface area contributed by atoms with Gasteiger partial charge in [-0.1, -0.05) is 36.4 Å². The van der Waals surface area contributed by atoms with Crippen molar-refractivity contribution < 1.29 is 4.74 Å². The lowest BCUT2D eigenvalue weighted by molar-refractivity contribution is 0.331. The van der Waals surface area contributed by atoms with E-state index in [1.54, 1.807) is 0 Å². The standard InChI is InChI=1S/C17H16N2O/c1-3-20-17-14-10-9-12(2)11-15(14)18-16(19-17)13-7-5-4-6-8-13/h4-11H,3H2,1-2H3. The lowest BCUT2D eigenvalue weighted by atomic mass is 10.1. The smallest absolute Gasteiger partial charge is 0.225 e. The minimum absolute atomic E-state index is 0.591. The molecule has 0 bridgehead atoms. The molecule has 3 heteroatoms. The molecule has 0 fully saturated rings. The quantitative estimate of drug-likeness (QED) is 0.717. The zero-order valence-corrected chi connectivity index (χ0v) is 11.6. The second kappa shape index (κ2) is 5.29. The van der Waals surface area contributed by atoms with Crippen LogP contribution in [0.5, 0.6) is 5.88 Å². The minimum Gasteiger partial charge on any atom is -0.477 e. The maximum Gasteiger partial charge on any atom is 0.225 e. The molecule has 0 aliphatic carbocycles. The Morgan fingerprint density at radius 1 is 1.00 bits per heavy atom. The third-order valence-electron chi connectivity index (χ3n) is 3.13. The Hall–Kier alpha value is -2.42. The fourth-order valence-corrected chi connectivity index (χ4v) is 2.17.